The first kappa shape index (κ1) is 32.8. The number of rotatable bonds is 6. The number of furan rings is 1. The van der Waals surface area contributed by atoms with Gasteiger partial charge in [-0.25, -0.2) is 0 Å². The molecule has 56 heavy (non-hydrogen) atoms. The Kier molecular flexibility index (Phi) is 9.58. The zero-order chi connectivity index (χ0) is 39.5. The van der Waals surface area contributed by atoms with Crippen molar-refractivity contribution in [2.75, 3.05) is 0 Å². The molecule has 10 aromatic rings. The van der Waals surface area contributed by atoms with E-state index in [1.54, 1.807) is 18.2 Å². The van der Waals surface area contributed by atoms with Crippen LogP contribution in [0.1, 0.15) is 9.68 Å². The molecule has 5 heteroatoms. The van der Waals surface area contributed by atoms with Crippen LogP contribution in [0.5, 0.6) is 0 Å². The van der Waals surface area contributed by atoms with Gasteiger partial charge in [0.25, 0.3) is 0 Å². The molecule has 4 nitrogen and oxygen atoms in total. The van der Waals surface area contributed by atoms with E-state index >= 15 is 0 Å². The number of pyridine rings is 1. The molecule has 10 rings (SSSR count). The maximum absolute atomic E-state index is 7.23. The second kappa shape index (κ2) is 16.4. The summed E-state index contributed by atoms with van der Waals surface area (Å²) in [6.07, 6.45) is 4.63. The van der Waals surface area contributed by atoms with E-state index in [1.807, 2.05) is 30.3 Å². The fourth-order valence-electron chi connectivity index (χ4n) is 6.96. The van der Waals surface area contributed by atoms with Crippen LogP contribution in [0, 0.1) is 19.2 Å². The summed E-state index contributed by atoms with van der Waals surface area (Å²) in [5.74, 6) is 0.794. The zero-order valence-electron chi connectivity index (χ0n) is 33.1. The van der Waals surface area contributed by atoms with Crippen molar-refractivity contribution in [3.05, 3.63) is 212 Å². The molecule has 3 aromatic heterocycles. The molecule has 0 aliphatic heterocycles. The molecule has 0 spiro atoms. The third-order valence-electron chi connectivity index (χ3n) is 9.58. The number of aromatic nitrogens is 3. The van der Waals surface area contributed by atoms with Gasteiger partial charge in [0.1, 0.15) is 0 Å². The van der Waals surface area contributed by atoms with E-state index in [-0.39, 0.29) is 25.7 Å². The maximum atomic E-state index is 7.23. The molecular weight excluding hydrogens is 863 g/mol. The minimum Gasteiger partial charge on any atom is -0.557 e. The molecule has 0 saturated carbocycles. The Morgan fingerprint density at radius 1 is 0.607 bits per heavy atom. The summed E-state index contributed by atoms with van der Waals surface area (Å²) < 4.78 is 30.1. The second-order valence-corrected chi connectivity index (χ2v) is 13.1. The van der Waals surface area contributed by atoms with Crippen LogP contribution in [0.15, 0.2) is 199 Å². The van der Waals surface area contributed by atoms with Crippen molar-refractivity contribution in [1.29, 1.82) is 0 Å². The predicted octanol–water partition coefficient (Wildman–Crippen LogP) is 13.1. The van der Waals surface area contributed by atoms with E-state index < -0.39 is 6.85 Å². The molecular formula is C51H35IrN3O-2. The van der Waals surface area contributed by atoms with E-state index in [1.165, 1.54) is 6.20 Å². The zero-order valence-corrected chi connectivity index (χ0v) is 32.5. The first-order chi connectivity index (χ1) is 28.4. The number of nitrogens with zero attached hydrogens (tertiary/aromatic N) is 3. The van der Waals surface area contributed by atoms with Gasteiger partial charge >= 0.3 is 0 Å². The molecule has 0 aliphatic rings. The second-order valence-electron chi connectivity index (χ2n) is 13.1. The van der Waals surface area contributed by atoms with Gasteiger partial charge in [0.15, 0.2) is 0 Å². The van der Waals surface area contributed by atoms with Crippen LogP contribution >= 0.6 is 0 Å². The van der Waals surface area contributed by atoms with Crippen molar-refractivity contribution in [2.24, 2.45) is 0 Å². The van der Waals surface area contributed by atoms with E-state index in [9.17, 15) is 0 Å². The number of hydrogen-bond acceptors (Lipinski definition) is 3. The Morgan fingerprint density at radius 3 is 1.91 bits per heavy atom. The van der Waals surface area contributed by atoms with Crippen molar-refractivity contribution in [3.63, 3.8) is 0 Å². The van der Waals surface area contributed by atoms with Crippen LogP contribution in [0.3, 0.4) is 0 Å². The van der Waals surface area contributed by atoms with E-state index in [4.69, 9.17) is 13.5 Å². The average Bonchev–Trinajstić information content (AvgIpc) is 3.88. The number of hydrogen-bond donors (Lipinski definition) is 0. The third kappa shape index (κ3) is 7.26. The molecule has 0 fully saturated rings. The monoisotopic (exact) mass is 901 g/mol. The molecule has 0 aliphatic carbocycles. The molecule has 0 N–H and O–H groups in total. The number of fused-ring (bicyclic) bond motifs is 2. The number of imidazole rings is 1. The standard InChI is InChI=1S/C39H25N2O.C12H10N.Ir/c1-4-13-27(14-5-1)30-23-24-33-34(26-42-37(33)25-30)39-40-35-21-10-11-22-36(35)41(39)38-31(28-15-6-2-7-16-28)19-12-20-32(38)29-17-8-3-9-18-29;1-10-7-8-12(13-9-10)11-5-3-2-4-6-11;/h1-25H;2-5,7-9H,1H3;/q2*-1;/i;1D3;. The summed E-state index contributed by atoms with van der Waals surface area (Å²) in [5, 5.41) is 0.977. The first-order valence-corrected chi connectivity index (χ1v) is 18.1. The quantitative estimate of drug-likeness (QED) is 0.156. The van der Waals surface area contributed by atoms with Gasteiger partial charge in [-0.15, -0.1) is 42.0 Å². The van der Waals surface area contributed by atoms with Gasteiger partial charge in [0, 0.05) is 53.4 Å². The van der Waals surface area contributed by atoms with Gasteiger partial charge in [-0.2, -0.15) is 0 Å². The average molecular weight is 901 g/mol. The number of aryl methyl sites for hydroxylation is 1. The number of benzene rings is 7. The minimum atomic E-state index is -2.09. The summed E-state index contributed by atoms with van der Waals surface area (Å²) in [5.41, 5.74) is 13.3. The normalized spacial score (nSPS) is 11.8. The van der Waals surface area contributed by atoms with Gasteiger partial charge in [-0.1, -0.05) is 157 Å². The minimum absolute atomic E-state index is 0. The Bertz CT molecular complexity index is 2910. The van der Waals surface area contributed by atoms with Crippen molar-refractivity contribution in [3.8, 4) is 61.7 Å². The van der Waals surface area contributed by atoms with E-state index in [0.717, 1.165) is 83.7 Å². The summed E-state index contributed by atoms with van der Waals surface area (Å²) in [7, 11) is 0. The predicted molar refractivity (Wildman–Crippen MR) is 225 cm³/mol. The molecule has 3 heterocycles. The Morgan fingerprint density at radius 2 is 1.27 bits per heavy atom. The summed E-state index contributed by atoms with van der Waals surface area (Å²) >= 11 is 0. The fourth-order valence-corrected chi connectivity index (χ4v) is 6.96. The smallest absolute Gasteiger partial charge is 0.0774 e. The largest absolute Gasteiger partial charge is 0.557 e. The fraction of sp³-hybridized carbons (Fsp3) is 0.0196. The molecule has 271 valence electrons. The Balaban J connectivity index is 0.000000240. The maximum Gasteiger partial charge on any atom is 0.0774 e. The molecule has 0 bridgehead atoms. The van der Waals surface area contributed by atoms with Crippen LogP contribution in [-0.4, -0.2) is 14.5 Å². The summed E-state index contributed by atoms with van der Waals surface area (Å²) in [6.45, 7) is -2.09. The Labute approximate surface area is 344 Å². The van der Waals surface area contributed by atoms with Crippen molar-refractivity contribution < 1.29 is 28.6 Å². The van der Waals surface area contributed by atoms with Crippen LogP contribution < -0.4 is 0 Å². The summed E-state index contributed by atoms with van der Waals surface area (Å²) in [6, 6.07) is 66.4. The molecule has 7 aromatic carbocycles. The van der Waals surface area contributed by atoms with Crippen molar-refractivity contribution in [2.45, 2.75) is 6.85 Å². The van der Waals surface area contributed by atoms with Crippen molar-refractivity contribution in [1.82, 2.24) is 14.5 Å². The molecule has 1 radical (unpaired) electrons. The van der Waals surface area contributed by atoms with Gasteiger partial charge in [-0.3, -0.25) is 4.98 Å². The van der Waals surface area contributed by atoms with Gasteiger partial charge in [0.2, 0.25) is 0 Å². The number of para-hydroxylation sites is 3. The van der Waals surface area contributed by atoms with Gasteiger partial charge < -0.3 is 14.0 Å². The van der Waals surface area contributed by atoms with Gasteiger partial charge in [-0.05, 0) is 52.5 Å². The van der Waals surface area contributed by atoms with Crippen LogP contribution in [0.4, 0.5) is 0 Å². The first-order valence-electron chi connectivity index (χ1n) is 19.6. The molecule has 0 atom stereocenters. The van der Waals surface area contributed by atoms with Crippen LogP contribution in [-0.2, 0) is 20.1 Å². The third-order valence-corrected chi connectivity index (χ3v) is 9.58. The molecule has 0 saturated heterocycles. The van der Waals surface area contributed by atoms with Crippen molar-refractivity contribution >= 4 is 22.0 Å². The SMILES string of the molecule is [2H]C([2H])([2H])c1ccc(-c2[c-]cccc2)nc1.[Ir].[c-]1oc2cc(-c3ccccc3)ccc2c1-c1nc2ccccc2n1-c1c(-c2ccccc2)cccc1-c1ccccc1. The molecule has 0 unspecified atom stereocenters. The van der Waals surface area contributed by atoms with Crippen LogP contribution in [0.25, 0.3) is 83.7 Å². The molecule has 0 amide bonds. The summed E-state index contributed by atoms with van der Waals surface area (Å²) in [4.78, 5) is 9.33. The Hall–Kier alpha value is -6.65. The topological polar surface area (TPSA) is 43.9 Å². The van der Waals surface area contributed by atoms with E-state index in [0.29, 0.717) is 0 Å². The van der Waals surface area contributed by atoms with Crippen LogP contribution in [0.2, 0.25) is 0 Å². The van der Waals surface area contributed by atoms with Gasteiger partial charge in [0.05, 0.1) is 22.5 Å². The van der Waals surface area contributed by atoms with E-state index in [2.05, 4.69) is 161 Å².